The van der Waals surface area contributed by atoms with Gasteiger partial charge in [0, 0.05) is 19.7 Å². The van der Waals surface area contributed by atoms with Crippen LogP contribution in [0.1, 0.15) is 30.9 Å². The SMILES string of the molecule is CNc1ncc(Oc2cc(C)cc(OC)c2C(C)C)c(NC)n1. The molecule has 0 bridgehead atoms. The molecule has 6 heteroatoms. The number of aromatic nitrogens is 2. The van der Waals surface area contributed by atoms with Crippen molar-refractivity contribution in [2.45, 2.75) is 26.7 Å². The van der Waals surface area contributed by atoms with Crippen molar-refractivity contribution in [1.82, 2.24) is 9.97 Å². The molecule has 0 spiro atoms. The number of nitrogens with zero attached hydrogens (tertiary/aromatic N) is 2. The van der Waals surface area contributed by atoms with E-state index in [-0.39, 0.29) is 5.92 Å². The minimum atomic E-state index is 0.260. The molecule has 6 nitrogen and oxygen atoms in total. The van der Waals surface area contributed by atoms with Crippen LogP contribution in [0.15, 0.2) is 18.3 Å². The molecule has 0 saturated carbocycles. The molecule has 0 fully saturated rings. The molecule has 0 aliphatic carbocycles. The van der Waals surface area contributed by atoms with Crippen molar-refractivity contribution in [3.8, 4) is 17.2 Å². The summed E-state index contributed by atoms with van der Waals surface area (Å²) in [5.41, 5.74) is 2.10. The Labute approximate surface area is 137 Å². The third-order valence-corrected chi connectivity index (χ3v) is 3.48. The van der Waals surface area contributed by atoms with Crippen LogP contribution in [0.25, 0.3) is 0 Å². The van der Waals surface area contributed by atoms with Crippen molar-refractivity contribution in [3.05, 3.63) is 29.5 Å². The van der Waals surface area contributed by atoms with Crippen LogP contribution in [0.5, 0.6) is 17.2 Å². The van der Waals surface area contributed by atoms with Gasteiger partial charge in [0.25, 0.3) is 0 Å². The molecule has 1 heterocycles. The van der Waals surface area contributed by atoms with Gasteiger partial charge in [-0.1, -0.05) is 13.8 Å². The Kier molecular flexibility index (Phi) is 5.26. The lowest BCUT2D eigenvalue weighted by atomic mass is 9.99. The van der Waals surface area contributed by atoms with Gasteiger partial charge in [-0.15, -0.1) is 0 Å². The molecule has 2 rings (SSSR count). The van der Waals surface area contributed by atoms with E-state index in [0.29, 0.717) is 17.5 Å². The van der Waals surface area contributed by atoms with E-state index in [1.807, 2.05) is 19.1 Å². The summed E-state index contributed by atoms with van der Waals surface area (Å²) >= 11 is 0. The molecular formula is C17H24N4O2. The number of hydrogen-bond donors (Lipinski definition) is 2. The van der Waals surface area contributed by atoms with Gasteiger partial charge in [0.05, 0.1) is 13.3 Å². The van der Waals surface area contributed by atoms with Crippen molar-refractivity contribution in [1.29, 1.82) is 0 Å². The molecule has 0 radical (unpaired) electrons. The Morgan fingerprint density at radius 2 is 1.74 bits per heavy atom. The summed E-state index contributed by atoms with van der Waals surface area (Å²) in [6, 6.07) is 4.02. The van der Waals surface area contributed by atoms with Crippen LogP contribution in [0.2, 0.25) is 0 Å². The minimum Gasteiger partial charge on any atom is -0.496 e. The van der Waals surface area contributed by atoms with Crippen LogP contribution in [0.3, 0.4) is 0 Å². The van der Waals surface area contributed by atoms with Crippen LogP contribution in [-0.4, -0.2) is 31.2 Å². The maximum atomic E-state index is 6.12. The molecule has 0 saturated heterocycles. The summed E-state index contributed by atoms with van der Waals surface area (Å²) in [6.07, 6.45) is 1.66. The first kappa shape index (κ1) is 16.9. The highest BCUT2D eigenvalue weighted by atomic mass is 16.5. The Balaban J connectivity index is 2.49. The van der Waals surface area contributed by atoms with Crippen LogP contribution in [0.4, 0.5) is 11.8 Å². The van der Waals surface area contributed by atoms with Gasteiger partial charge < -0.3 is 20.1 Å². The Morgan fingerprint density at radius 3 is 2.30 bits per heavy atom. The van der Waals surface area contributed by atoms with E-state index in [1.54, 1.807) is 27.4 Å². The lowest BCUT2D eigenvalue weighted by molar-refractivity contribution is 0.397. The van der Waals surface area contributed by atoms with Gasteiger partial charge in [-0.25, -0.2) is 4.98 Å². The number of nitrogens with one attached hydrogen (secondary N) is 2. The summed E-state index contributed by atoms with van der Waals surface area (Å²) in [4.78, 5) is 8.58. The van der Waals surface area contributed by atoms with Gasteiger partial charge in [0.15, 0.2) is 11.6 Å². The van der Waals surface area contributed by atoms with E-state index in [4.69, 9.17) is 9.47 Å². The average Bonchev–Trinajstić information content (AvgIpc) is 2.54. The molecular weight excluding hydrogens is 292 g/mol. The summed E-state index contributed by atoms with van der Waals surface area (Å²) in [5, 5.41) is 5.95. The molecule has 0 unspecified atom stereocenters. The van der Waals surface area contributed by atoms with Gasteiger partial charge in [-0.2, -0.15) is 4.98 Å². The second kappa shape index (κ2) is 7.17. The molecule has 1 aromatic heterocycles. The molecule has 1 aromatic carbocycles. The zero-order valence-electron chi connectivity index (χ0n) is 14.5. The minimum absolute atomic E-state index is 0.260. The monoisotopic (exact) mass is 316 g/mol. The lowest BCUT2D eigenvalue weighted by Crippen LogP contribution is -2.04. The van der Waals surface area contributed by atoms with Crippen molar-refractivity contribution >= 4 is 11.8 Å². The molecule has 0 aliphatic heterocycles. The number of hydrogen-bond acceptors (Lipinski definition) is 6. The zero-order valence-corrected chi connectivity index (χ0v) is 14.5. The van der Waals surface area contributed by atoms with E-state index in [0.717, 1.165) is 22.6 Å². The summed E-state index contributed by atoms with van der Waals surface area (Å²) in [6.45, 7) is 6.23. The first-order valence-corrected chi connectivity index (χ1v) is 7.59. The van der Waals surface area contributed by atoms with E-state index in [1.165, 1.54) is 0 Å². The highest BCUT2D eigenvalue weighted by Gasteiger charge is 2.17. The largest absolute Gasteiger partial charge is 0.496 e. The predicted octanol–water partition coefficient (Wildman–Crippen LogP) is 3.79. The van der Waals surface area contributed by atoms with Crippen LogP contribution >= 0.6 is 0 Å². The van der Waals surface area contributed by atoms with Crippen molar-refractivity contribution in [2.24, 2.45) is 0 Å². The highest BCUT2D eigenvalue weighted by Crippen LogP contribution is 2.39. The first-order valence-electron chi connectivity index (χ1n) is 7.59. The molecule has 2 N–H and O–H groups in total. The lowest BCUT2D eigenvalue weighted by Gasteiger charge is -2.19. The third-order valence-electron chi connectivity index (χ3n) is 3.48. The molecule has 0 amide bonds. The van der Waals surface area contributed by atoms with Crippen molar-refractivity contribution < 1.29 is 9.47 Å². The van der Waals surface area contributed by atoms with Crippen LogP contribution in [-0.2, 0) is 0 Å². The number of ether oxygens (including phenoxy) is 2. The second-order valence-electron chi connectivity index (χ2n) is 5.54. The average molecular weight is 316 g/mol. The van der Waals surface area contributed by atoms with Gasteiger partial charge in [0.1, 0.15) is 11.5 Å². The summed E-state index contributed by atoms with van der Waals surface area (Å²) < 4.78 is 11.6. The van der Waals surface area contributed by atoms with E-state index < -0.39 is 0 Å². The highest BCUT2D eigenvalue weighted by molar-refractivity contribution is 5.56. The van der Waals surface area contributed by atoms with Crippen LogP contribution < -0.4 is 20.1 Å². The standard InChI is InChI=1S/C17H24N4O2/c1-10(2)15-12(22-6)7-11(3)8-13(15)23-14-9-20-17(19-5)21-16(14)18-4/h7-10H,1-6H3,(H2,18,19,20,21). The fraction of sp³-hybridized carbons (Fsp3) is 0.412. The van der Waals surface area contributed by atoms with E-state index >= 15 is 0 Å². The molecule has 0 aliphatic rings. The predicted molar refractivity (Wildman–Crippen MR) is 93.0 cm³/mol. The van der Waals surface area contributed by atoms with Gasteiger partial charge in [-0.05, 0) is 30.5 Å². The maximum Gasteiger partial charge on any atom is 0.224 e. The second-order valence-corrected chi connectivity index (χ2v) is 5.54. The number of rotatable bonds is 6. The van der Waals surface area contributed by atoms with E-state index in [9.17, 15) is 0 Å². The number of anilines is 2. The van der Waals surface area contributed by atoms with Crippen molar-refractivity contribution in [3.63, 3.8) is 0 Å². The smallest absolute Gasteiger partial charge is 0.224 e. The summed E-state index contributed by atoms with van der Waals surface area (Å²) in [5.74, 6) is 3.58. The van der Waals surface area contributed by atoms with Gasteiger partial charge in [0.2, 0.25) is 5.95 Å². The quantitative estimate of drug-likeness (QED) is 0.845. The summed E-state index contributed by atoms with van der Waals surface area (Å²) in [7, 11) is 5.25. The first-order chi connectivity index (χ1) is 11.0. The maximum absolute atomic E-state index is 6.12. The van der Waals surface area contributed by atoms with Crippen molar-refractivity contribution in [2.75, 3.05) is 31.8 Å². The van der Waals surface area contributed by atoms with Gasteiger partial charge >= 0.3 is 0 Å². The fourth-order valence-electron chi connectivity index (χ4n) is 2.42. The molecule has 124 valence electrons. The van der Waals surface area contributed by atoms with Crippen LogP contribution in [0, 0.1) is 6.92 Å². The zero-order chi connectivity index (χ0) is 17.0. The fourth-order valence-corrected chi connectivity index (χ4v) is 2.42. The molecule has 23 heavy (non-hydrogen) atoms. The van der Waals surface area contributed by atoms with Gasteiger partial charge in [-0.3, -0.25) is 0 Å². The number of aryl methyl sites for hydroxylation is 1. The number of benzene rings is 1. The Bertz CT molecular complexity index is 687. The van der Waals surface area contributed by atoms with E-state index in [2.05, 4.69) is 34.4 Å². The Hall–Kier alpha value is -2.50. The third kappa shape index (κ3) is 3.64. The molecule has 0 atom stereocenters. The molecule has 2 aromatic rings. The number of methoxy groups -OCH3 is 1. The normalized spacial score (nSPS) is 10.6. The Morgan fingerprint density at radius 1 is 1.04 bits per heavy atom. The topological polar surface area (TPSA) is 68.3 Å².